The van der Waals surface area contributed by atoms with Crippen LogP contribution in [-0.4, -0.2) is 14.9 Å². The summed E-state index contributed by atoms with van der Waals surface area (Å²) in [6, 6.07) is 3.72. The fourth-order valence-corrected chi connectivity index (χ4v) is 3.02. The second-order valence-corrected chi connectivity index (χ2v) is 5.32. The molecule has 3 N–H and O–H groups in total. The topological polar surface area (TPSA) is 64.1 Å². The predicted octanol–water partition coefficient (Wildman–Crippen LogP) is 2.56. The molecule has 0 unspecified atom stereocenters. The van der Waals surface area contributed by atoms with Gasteiger partial charge in [-0.2, -0.15) is 5.10 Å². The van der Waals surface area contributed by atoms with Gasteiger partial charge in [0.2, 0.25) is 0 Å². The lowest BCUT2D eigenvalue weighted by Gasteiger charge is -2.21. The largest absolute Gasteiger partial charge is 0.507 e. The van der Waals surface area contributed by atoms with Crippen LogP contribution in [0.3, 0.4) is 0 Å². The minimum atomic E-state index is 0.316. The molecule has 1 aromatic heterocycles. The lowest BCUT2D eigenvalue weighted by Crippen LogP contribution is -2.06. The number of nitrogen functional groups attached to an aromatic ring is 1. The summed E-state index contributed by atoms with van der Waals surface area (Å²) in [4.78, 5) is 0. The molecule has 0 aliphatic heterocycles. The van der Waals surface area contributed by atoms with Crippen molar-refractivity contribution in [3.63, 3.8) is 0 Å². The van der Waals surface area contributed by atoms with E-state index in [2.05, 4.69) is 12.0 Å². The Kier molecular flexibility index (Phi) is 2.73. The van der Waals surface area contributed by atoms with E-state index in [1.807, 2.05) is 19.2 Å². The number of benzene rings is 1. The number of aromatic nitrogens is 2. The summed E-state index contributed by atoms with van der Waals surface area (Å²) in [6.07, 6.45) is 4.59. The van der Waals surface area contributed by atoms with Crippen molar-refractivity contribution in [1.82, 2.24) is 9.78 Å². The van der Waals surface area contributed by atoms with Gasteiger partial charge in [0.15, 0.2) is 0 Å². The Balaban J connectivity index is 2.21. The monoisotopic (exact) mass is 257 g/mol. The van der Waals surface area contributed by atoms with Gasteiger partial charge in [0.05, 0.1) is 5.69 Å². The van der Waals surface area contributed by atoms with Crippen molar-refractivity contribution >= 4 is 5.82 Å². The summed E-state index contributed by atoms with van der Waals surface area (Å²) in [5.74, 6) is 0.919. The highest BCUT2D eigenvalue weighted by Crippen LogP contribution is 2.38. The second-order valence-electron chi connectivity index (χ2n) is 5.32. The number of nitrogens with two attached hydrogens (primary N) is 1. The highest BCUT2D eigenvalue weighted by atomic mass is 16.3. The van der Waals surface area contributed by atoms with Crippen molar-refractivity contribution in [2.45, 2.75) is 32.6 Å². The van der Waals surface area contributed by atoms with E-state index >= 15 is 0 Å². The van der Waals surface area contributed by atoms with E-state index in [1.165, 1.54) is 24.0 Å². The predicted molar refractivity (Wildman–Crippen MR) is 76.1 cm³/mol. The van der Waals surface area contributed by atoms with Gasteiger partial charge in [0.1, 0.15) is 11.6 Å². The maximum Gasteiger partial charge on any atom is 0.125 e. The standard InChI is InChI=1S/C15H19N3O/c1-9-11-6-4-3-5-10(11)7-13(19)15(9)12-8-14(16)18(2)17-12/h7-8,19H,3-6,16H2,1-2H3. The van der Waals surface area contributed by atoms with Crippen LogP contribution < -0.4 is 5.73 Å². The van der Waals surface area contributed by atoms with Crippen molar-refractivity contribution in [2.24, 2.45) is 7.05 Å². The third kappa shape index (κ3) is 1.87. The number of aromatic hydroxyl groups is 1. The molecule has 3 rings (SSSR count). The first-order valence-corrected chi connectivity index (χ1v) is 6.72. The summed E-state index contributed by atoms with van der Waals surface area (Å²) in [6.45, 7) is 2.07. The fourth-order valence-electron chi connectivity index (χ4n) is 3.02. The number of phenolic OH excluding ortho intramolecular Hbond substituents is 1. The van der Waals surface area contributed by atoms with E-state index in [9.17, 15) is 5.11 Å². The Hall–Kier alpha value is -1.97. The van der Waals surface area contributed by atoms with Crippen molar-refractivity contribution < 1.29 is 5.11 Å². The van der Waals surface area contributed by atoms with Crippen molar-refractivity contribution in [1.29, 1.82) is 0 Å². The summed E-state index contributed by atoms with van der Waals surface area (Å²) < 4.78 is 1.63. The molecule has 100 valence electrons. The highest BCUT2D eigenvalue weighted by molar-refractivity contribution is 5.74. The number of rotatable bonds is 1. The Labute approximate surface area is 112 Å². The third-order valence-corrected chi connectivity index (χ3v) is 4.08. The number of hydrogen-bond acceptors (Lipinski definition) is 3. The smallest absolute Gasteiger partial charge is 0.125 e. The number of fused-ring (bicyclic) bond motifs is 1. The van der Waals surface area contributed by atoms with Crippen molar-refractivity contribution in [3.05, 3.63) is 28.8 Å². The van der Waals surface area contributed by atoms with Crippen LogP contribution in [0.5, 0.6) is 5.75 Å². The summed E-state index contributed by atoms with van der Waals surface area (Å²) >= 11 is 0. The molecule has 0 saturated carbocycles. The summed E-state index contributed by atoms with van der Waals surface area (Å²) in [5, 5.41) is 14.7. The van der Waals surface area contributed by atoms with E-state index in [4.69, 9.17) is 5.73 Å². The zero-order valence-corrected chi connectivity index (χ0v) is 11.4. The highest BCUT2D eigenvalue weighted by Gasteiger charge is 2.20. The molecular formula is C15H19N3O. The maximum absolute atomic E-state index is 10.3. The van der Waals surface area contributed by atoms with Gasteiger partial charge >= 0.3 is 0 Å². The molecular weight excluding hydrogens is 238 g/mol. The zero-order valence-electron chi connectivity index (χ0n) is 11.4. The molecule has 0 saturated heterocycles. The number of anilines is 1. The second kappa shape index (κ2) is 4.30. The molecule has 2 aromatic rings. The Morgan fingerprint density at radius 2 is 2.00 bits per heavy atom. The Morgan fingerprint density at radius 3 is 2.68 bits per heavy atom. The van der Waals surface area contributed by atoms with Crippen LogP contribution in [0.25, 0.3) is 11.3 Å². The van der Waals surface area contributed by atoms with Gasteiger partial charge in [-0.25, -0.2) is 0 Å². The van der Waals surface area contributed by atoms with Gasteiger partial charge in [0.25, 0.3) is 0 Å². The zero-order chi connectivity index (χ0) is 13.6. The summed E-state index contributed by atoms with van der Waals surface area (Å²) in [7, 11) is 1.81. The minimum absolute atomic E-state index is 0.316. The Bertz CT molecular complexity index is 624. The minimum Gasteiger partial charge on any atom is -0.507 e. The maximum atomic E-state index is 10.3. The van der Waals surface area contributed by atoms with Crippen LogP contribution in [0.2, 0.25) is 0 Å². The lowest BCUT2D eigenvalue weighted by atomic mass is 9.85. The van der Waals surface area contributed by atoms with Crippen LogP contribution in [0.1, 0.15) is 29.5 Å². The number of hydrogen-bond donors (Lipinski definition) is 2. The molecule has 0 spiro atoms. The molecule has 1 aromatic carbocycles. The van der Waals surface area contributed by atoms with E-state index in [1.54, 1.807) is 4.68 Å². The molecule has 0 amide bonds. The SMILES string of the molecule is Cc1c2c(cc(O)c1-c1cc(N)n(C)n1)CCCC2. The molecule has 0 atom stereocenters. The van der Waals surface area contributed by atoms with E-state index < -0.39 is 0 Å². The number of phenols is 1. The van der Waals surface area contributed by atoms with Gasteiger partial charge in [-0.05, 0) is 55.4 Å². The molecule has 1 aliphatic carbocycles. The lowest BCUT2D eigenvalue weighted by molar-refractivity contribution is 0.474. The molecule has 1 aliphatic rings. The van der Waals surface area contributed by atoms with Crippen LogP contribution in [0.4, 0.5) is 5.82 Å². The first kappa shape index (κ1) is 12.1. The molecule has 4 nitrogen and oxygen atoms in total. The third-order valence-electron chi connectivity index (χ3n) is 4.08. The van der Waals surface area contributed by atoms with Crippen LogP contribution in [-0.2, 0) is 19.9 Å². The molecule has 0 radical (unpaired) electrons. The fraction of sp³-hybridized carbons (Fsp3) is 0.400. The van der Waals surface area contributed by atoms with Crippen LogP contribution >= 0.6 is 0 Å². The first-order valence-electron chi connectivity index (χ1n) is 6.72. The molecule has 1 heterocycles. The van der Waals surface area contributed by atoms with Gasteiger partial charge < -0.3 is 10.8 Å². The quantitative estimate of drug-likeness (QED) is 0.825. The first-order chi connectivity index (χ1) is 9.08. The van der Waals surface area contributed by atoms with Crippen molar-refractivity contribution in [3.8, 4) is 17.0 Å². The molecule has 19 heavy (non-hydrogen) atoms. The van der Waals surface area contributed by atoms with Gasteiger partial charge in [0, 0.05) is 18.7 Å². The van der Waals surface area contributed by atoms with E-state index in [0.29, 0.717) is 11.6 Å². The number of aryl methyl sites for hydroxylation is 2. The van der Waals surface area contributed by atoms with Crippen molar-refractivity contribution in [2.75, 3.05) is 5.73 Å². The van der Waals surface area contributed by atoms with E-state index in [0.717, 1.165) is 29.7 Å². The van der Waals surface area contributed by atoms with E-state index in [-0.39, 0.29) is 0 Å². The van der Waals surface area contributed by atoms with Gasteiger partial charge in [-0.1, -0.05) is 0 Å². The van der Waals surface area contributed by atoms with Gasteiger partial charge in [-0.3, -0.25) is 4.68 Å². The molecule has 0 bridgehead atoms. The van der Waals surface area contributed by atoms with Crippen LogP contribution in [0.15, 0.2) is 12.1 Å². The Morgan fingerprint density at radius 1 is 1.26 bits per heavy atom. The van der Waals surface area contributed by atoms with Gasteiger partial charge in [-0.15, -0.1) is 0 Å². The average molecular weight is 257 g/mol. The normalized spacial score (nSPS) is 14.4. The molecule has 4 heteroatoms. The average Bonchev–Trinajstić information content (AvgIpc) is 2.69. The van der Waals surface area contributed by atoms with Crippen LogP contribution in [0, 0.1) is 6.92 Å². The molecule has 0 fully saturated rings. The summed E-state index contributed by atoms with van der Waals surface area (Å²) in [5.41, 5.74) is 11.2. The number of nitrogens with zero attached hydrogens (tertiary/aromatic N) is 2.